The van der Waals surface area contributed by atoms with E-state index in [4.69, 9.17) is 0 Å². The Balaban J connectivity index is 1.71. The molecule has 2 nitrogen and oxygen atoms in total. The monoisotopic (exact) mass is 228 g/mol. The van der Waals surface area contributed by atoms with E-state index in [1.165, 1.54) is 44.8 Å². The molecule has 15 heavy (non-hydrogen) atoms. The van der Waals surface area contributed by atoms with Crippen LogP contribution in [0.4, 0.5) is 0 Å². The molecule has 1 heterocycles. The molecule has 0 spiro atoms. The third-order valence-corrected chi connectivity index (χ3v) is 4.40. The number of nitrogens with one attached hydrogen (secondary N) is 1. The fourth-order valence-electron chi connectivity index (χ4n) is 2.60. The van der Waals surface area contributed by atoms with Crippen molar-refractivity contribution in [3.05, 3.63) is 0 Å². The van der Waals surface area contributed by atoms with Crippen molar-refractivity contribution in [2.24, 2.45) is 11.8 Å². The van der Waals surface area contributed by atoms with Crippen LogP contribution in [0.3, 0.4) is 0 Å². The van der Waals surface area contributed by atoms with Crippen LogP contribution in [0, 0.1) is 11.8 Å². The van der Waals surface area contributed by atoms with Gasteiger partial charge in [-0.05, 0) is 36.7 Å². The summed E-state index contributed by atoms with van der Waals surface area (Å²) in [6.45, 7) is 7.43. The average molecular weight is 228 g/mol. The predicted octanol–water partition coefficient (Wildman–Crippen LogP) is 1.67. The Bertz CT molecular complexity index is 194. The Labute approximate surface area is 98.2 Å². The van der Waals surface area contributed by atoms with Crippen molar-refractivity contribution in [2.45, 2.75) is 25.8 Å². The van der Waals surface area contributed by atoms with Gasteiger partial charge in [-0.15, -0.1) is 0 Å². The van der Waals surface area contributed by atoms with Gasteiger partial charge in [0.15, 0.2) is 0 Å². The zero-order valence-electron chi connectivity index (χ0n) is 10.0. The maximum Gasteiger partial charge on any atom is 0.0223 e. The van der Waals surface area contributed by atoms with Crippen molar-refractivity contribution in [1.82, 2.24) is 10.2 Å². The standard InChI is InChI=1S/C12H24N2S/c1-10(9-15-2)7-14-6-5-13-12(8-14)11-3-4-11/h10-13H,3-9H2,1-2H3. The molecule has 1 aliphatic heterocycles. The summed E-state index contributed by atoms with van der Waals surface area (Å²) < 4.78 is 0. The first-order valence-corrected chi connectivity index (χ1v) is 7.63. The molecule has 1 saturated heterocycles. The largest absolute Gasteiger partial charge is 0.311 e. The summed E-state index contributed by atoms with van der Waals surface area (Å²) in [5, 5.41) is 3.67. The topological polar surface area (TPSA) is 15.3 Å². The highest BCUT2D eigenvalue weighted by Gasteiger charge is 2.33. The van der Waals surface area contributed by atoms with E-state index < -0.39 is 0 Å². The normalized spacial score (nSPS) is 30.4. The van der Waals surface area contributed by atoms with E-state index in [-0.39, 0.29) is 0 Å². The van der Waals surface area contributed by atoms with E-state index >= 15 is 0 Å². The van der Waals surface area contributed by atoms with E-state index in [1.54, 1.807) is 0 Å². The molecule has 2 fully saturated rings. The molecule has 0 aromatic carbocycles. The number of hydrogen-bond donors (Lipinski definition) is 1. The lowest BCUT2D eigenvalue weighted by Gasteiger charge is -2.35. The first-order valence-electron chi connectivity index (χ1n) is 6.24. The summed E-state index contributed by atoms with van der Waals surface area (Å²) in [4.78, 5) is 2.67. The molecule has 1 saturated carbocycles. The summed E-state index contributed by atoms with van der Waals surface area (Å²) in [6, 6.07) is 0.806. The first-order chi connectivity index (χ1) is 7.29. The van der Waals surface area contributed by atoms with Crippen LogP contribution in [0.15, 0.2) is 0 Å². The molecule has 0 radical (unpaired) electrons. The second-order valence-corrected chi connectivity index (χ2v) is 6.13. The zero-order valence-corrected chi connectivity index (χ0v) is 10.9. The van der Waals surface area contributed by atoms with Gasteiger partial charge < -0.3 is 10.2 Å². The second kappa shape index (κ2) is 5.55. The predicted molar refractivity (Wildman–Crippen MR) is 68.5 cm³/mol. The molecule has 88 valence electrons. The summed E-state index contributed by atoms with van der Waals surface area (Å²) in [6.07, 6.45) is 5.14. The number of thioether (sulfide) groups is 1. The van der Waals surface area contributed by atoms with E-state index in [9.17, 15) is 0 Å². The smallest absolute Gasteiger partial charge is 0.0223 e. The highest BCUT2D eigenvalue weighted by molar-refractivity contribution is 7.98. The van der Waals surface area contributed by atoms with Gasteiger partial charge in [0.1, 0.15) is 0 Å². The Morgan fingerprint density at radius 1 is 1.47 bits per heavy atom. The molecule has 3 heteroatoms. The average Bonchev–Trinajstić information content (AvgIpc) is 3.01. The van der Waals surface area contributed by atoms with E-state index in [1.807, 2.05) is 11.8 Å². The third-order valence-electron chi connectivity index (χ3n) is 3.50. The van der Waals surface area contributed by atoms with E-state index in [0.29, 0.717) is 0 Å². The van der Waals surface area contributed by atoms with Gasteiger partial charge in [0.25, 0.3) is 0 Å². The highest BCUT2D eigenvalue weighted by Crippen LogP contribution is 2.33. The van der Waals surface area contributed by atoms with Gasteiger partial charge in [-0.1, -0.05) is 6.92 Å². The Morgan fingerprint density at radius 3 is 2.93 bits per heavy atom. The number of piperazine rings is 1. The van der Waals surface area contributed by atoms with Crippen LogP contribution in [0.1, 0.15) is 19.8 Å². The second-order valence-electron chi connectivity index (χ2n) is 5.22. The van der Waals surface area contributed by atoms with Crippen molar-refractivity contribution in [1.29, 1.82) is 0 Å². The van der Waals surface area contributed by atoms with Gasteiger partial charge in [0, 0.05) is 32.2 Å². The van der Waals surface area contributed by atoms with Crippen LogP contribution in [-0.2, 0) is 0 Å². The minimum atomic E-state index is 0.806. The fourth-order valence-corrected chi connectivity index (χ4v) is 3.27. The van der Waals surface area contributed by atoms with Crippen LogP contribution in [-0.4, -0.2) is 49.1 Å². The van der Waals surface area contributed by atoms with Crippen LogP contribution in [0.25, 0.3) is 0 Å². The van der Waals surface area contributed by atoms with Gasteiger partial charge in [0.05, 0.1) is 0 Å². The van der Waals surface area contributed by atoms with Gasteiger partial charge in [-0.2, -0.15) is 11.8 Å². The molecule has 2 rings (SSSR count). The van der Waals surface area contributed by atoms with Crippen molar-refractivity contribution < 1.29 is 0 Å². The van der Waals surface area contributed by atoms with Crippen LogP contribution >= 0.6 is 11.8 Å². The van der Waals surface area contributed by atoms with Gasteiger partial charge in [-0.3, -0.25) is 0 Å². The van der Waals surface area contributed by atoms with Gasteiger partial charge in [0.2, 0.25) is 0 Å². The molecule has 2 unspecified atom stereocenters. The Morgan fingerprint density at radius 2 is 2.27 bits per heavy atom. The summed E-state index contributed by atoms with van der Waals surface area (Å²) in [5.74, 6) is 3.15. The van der Waals surface area contributed by atoms with Gasteiger partial charge in [-0.25, -0.2) is 0 Å². The number of rotatable bonds is 5. The maximum atomic E-state index is 3.67. The van der Waals surface area contributed by atoms with Gasteiger partial charge >= 0.3 is 0 Å². The molecular formula is C12H24N2S. The Hall–Kier alpha value is 0.270. The summed E-state index contributed by atoms with van der Waals surface area (Å²) >= 11 is 1.98. The van der Waals surface area contributed by atoms with Crippen molar-refractivity contribution in [3.63, 3.8) is 0 Å². The molecule has 1 N–H and O–H groups in total. The Kier molecular flexibility index (Phi) is 4.35. The zero-order chi connectivity index (χ0) is 10.7. The molecular weight excluding hydrogens is 204 g/mol. The SMILES string of the molecule is CSCC(C)CN1CCNC(C2CC2)C1. The molecule has 2 aliphatic rings. The summed E-state index contributed by atoms with van der Waals surface area (Å²) in [5.41, 5.74) is 0. The third kappa shape index (κ3) is 3.65. The molecule has 0 aromatic rings. The summed E-state index contributed by atoms with van der Waals surface area (Å²) in [7, 11) is 0. The van der Waals surface area contributed by atoms with Crippen LogP contribution in [0.5, 0.6) is 0 Å². The molecule has 1 aliphatic carbocycles. The first kappa shape index (κ1) is 11.7. The van der Waals surface area contributed by atoms with Crippen molar-refractivity contribution in [2.75, 3.05) is 38.2 Å². The fraction of sp³-hybridized carbons (Fsp3) is 1.00. The van der Waals surface area contributed by atoms with E-state index in [2.05, 4.69) is 23.4 Å². The van der Waals surface area contributed by atoms with Crippen LogP contribution < -0.4 is 5.32 Å². The van der Waals surface area contributed by atoms with Crippen molar-refractivity contribution in [3.8, 4) is 0 Å². The number of nitrogens with zero attached hydrogens (tertiary/aromatic N) is 1. The highest BCUT2D eigenvalue weighted by atomic mass is 32.2. The minimum Gasteiger partial charge on any atom is -0.311 e. The van der Waals surface area contributed by atoms with Crippen molar-refractivity contribution >= 4 is 11.8 Å². The molecule has 2 atom stereocenters. The molecule has 0 amide bonds. The lowest BCUT2D eigenvalue weighted by atomic mass is 10.1. The molecule has 0 bridgehead atoms. The molecule has 0 aromatic heterocycles. The minimum absolute atomic E-state index is 0.806. The lowest BCUT2D eigenvalue weighted by molar-refractivity contribution is 0.172. The number of hydrogen-bond acceptors (Lipinski definition) is 3. The van der Waals surface area contributed by atoms with Crippen LogP contribution in [0.2, 0.25) is 0 Å². The van der Waals surface area contributed by atoms with E-state index in [0.717, 1.165) is 17.9 Å². The maximum absolute atomic E-state index is 3.67. The quantitative estimate of drug-likeness (QED) is 0.770. The lowest BCUT2D eigenvalue weighted by Crippen LogP contribution is -2.52.